The number of rotatable bonds is 2. The highest BCUT2D eigenvalue weighted by molar-refractivity contribution is 6.42. The Morgan fingerprint density at radius 3 is 2.35 bits per heavy atom. The topological polar surface area (TPSA) is 61.0 Å². The van der Waals surface area contributed by atoms with Crippen LogP contribution in [-0.4, -0.2) is 9.97 Å². The predicted octanol–water partition coefficient (Wildman–Crippen LogP) is 4.46. The summed E-state index contributed by atoms with van der Waals surface area (Å²) in [5.74, 6) is 1.89. The molecule has 0 bridgehead atoms. The molecular weight excluding hydrogens is 297 g/mol. The van der Waals surface area contributed by atoms with Crippen molar-refractivity contribution in [3.8, 4) is 11.6 Å². The molecule has 2 aromatic rings. The van der Waals surface area contributed by atoms with E-state index in [0.29, 0.717) is 33.3 Å². The van der Waals surface area contributed by atoms with Gasteiger partial charge in [0.2, 0.25) is 5.88 Å². The first-order chi connectivity index (χ1) is 9.25. The van der Waals surface area contributed by atoms with E-state index in [0.717, 1.165) is 0 Å². The third-order valence-corrected chi connectivity index (χ3v) is 3.25. The van der Waals surface area contributed by atoms with Gasteiger partial charge in [-0.25, -0.2) is 4.98 Å². The lowest BCUT2D eigenvalue weighted by molar-refractivity contribution is 0.446. The molecule has 1 aromatic carbocycles. The maximum Gasteiger partial charge on any atom is 0.224 e. The SMILES string of the molecule is CC(C)(C)c1nc(N)cc(Oc2ccc(Cl)c(Cl)c2)n1. The van der Waals surface area contributed by atoms with Crippen molar-refractivity contribution >= 4 is 29.0 Å². The standard InChI is InChI=1S/C14H15Cl2N3O/c1-14(2,3)13-18-11(17)7-12(19-13)20-8-4-5-9(15)10(16)6-8/h4-7H,1-3H3,(H2,17,18,19). The fourth-order valence-electron chi connectivity index (χ4n) is 1.49. The predicted molar refractivity (Wildman–Crippen MR) is 81.7 cm³/mol. The Labute approximate surface area is 127 Å². The summed E-state index contributed by atoms with van der Waals surface area (Å²) in [5, 5.41) is 0.888. The third-order valence-electron chi connectivity index (χ3n) is 2.51. The van der Waals surface area contributed by atoms with Crippen molar-refractivity contribution in [3.63, 3.8) is 0 Å². The van der Waals surface area contributed by atoms with Crippen molar-refractivity contribution in [1.29, 1.82) is 0 Å². The summed E-state index contributed by atoms with van der Waals surface area (Å²) in [7, 11) is 0. The third kappa shape index (κ3) is 3.52. The summed E-state index contributed by atoms with van der Waals surface area (Å²) >= 11 is 11.8. The molecule has 106 valence electrons. The summed E-state index contributed by atoms with van der Waals surface area (Å²) < 4.78 is 5.66. The van der Waals surface area contributed by atoms with Crippen LogP contribution in [0.4, 0.5) is 5.82 Å². The van der Waals surface area contributed by atoms with Crippen LogP contribution in [0.15, 0.2) is 24.3 Å². The first-order valence-corrected chi connectivity index (χ1v) is 6.79. The maximum atomic E-state index is 5.95. The summed E-state index contributed by atoms with van der Waals surface area (Å²) in [6, 6.07) is 6.56. The molecule has 20 heavy (non-hydrogen) atoms. The van der Waals surface area contributed by atoms with E-state index in [4.69, 9.17) is 33.7 Å². The molecule has 0 radical (unpaired) electrons. The lowest BCUT2D eigenvalue weighted by Crippen LogP contribution is -2.17. The summed E-state index contributed by atoms with van der Waals surface area (Å²) in [6.07, 6.45) is 0. The van der Waals surface area contributed by atoms with Gasteiger partial charge in [-0.2, -0.15) is 4.98 Å². The van der Waals surface area contributed by atoms with Crippen LogP contribution in [0.2, 0.25) is 10.0 Å². The van der Waals surface area contributed by atoms with Gasteiger partial charge in [0, 0.05) is 17.5 Å². The number of hydrogen-bond donors (Lipinski definition) is 1. The molecule has 0 spiro atoms. The Morgan fingerprint density at radius 2 is 1.75 bits per heavy atom. The second-order valence-electron chi connectivity index (χ2n) is 5.38. The van der Waals surface area contributed by atoms with Gasteiger partial charge in [-0.3, -0.25) is 0 Å². The van der Waals surface area contributed by atoms with Gasteiger partial charge in [0.15, 0.2) is 0 Å². The fraction of sp³-hybridized carbons (Fsp3) is 0.286. The number of nitrogen functional groups attached to an aromatic ring is 1. The molecule has 0 aliphatic rings. The van der Waals surface area contributed by atoms with Gasteiger partial charge in [0.05, 0.1) is 10.0 Å². The number of nitrogens with two attached hydrogens (primary N) is 1. The van der Waals surface area contributed by atoms with E-state index in [1.54, 1.807) is 24.3 Å². The second kappa shape index (κ2) is 5.46. The molecule has 4 nitrogen and oxygen atoms in total. The largest absolute Gasteiger partial charge is 0.439 e. The van der Waals surface area contributed by atoms with E-state index in [2.05, 4.69) is 9.97 Å². The van der Waals surface area contributed by atoms with Crippen LogP contribution in [0.5, 0.6) is 11.6 Å². The molecule has 2 rings (SSSR count). The van der Waals surface area contributed by atoms with Crippen molar-refractivity contribution < 1.29 is 4.74 Å². The average molecular weight is 312 g/mol. The van der Waals surface area contributed by atoms with Crippen LogP contribution >= 0.6 is 23.2 Å². The number of ether oxygens (including phenoxy) is 1. The summed E-state index contributed by atoms with van der Waals surface area (Å²) in [6.45, 7) is 6.01. The van der Waals surface area contributed by atoms with E-state index >= 15 is 0 Å². The van der Waals surface area contributed by atoms with Crippen LogP contribution in [-0.2, 0) is 5.41 Å². The Morgan fingerprint density at radius 1 is 1.05 bits per heavy atom. The number of halogens is 2. The molecule has 0 atom stereocenters. The first kappa shape index (κ1) is 14.9. The summed E-state index contributed by atoms with van der Waals surface area (Å²) in [5.41, 5.74) is 5.57. The fourth-order valence-corrected chi connectivity index (χ4v) is 1.78. The molecule has 0 unspecified atom stereocenters. The van der Waals surface area contributed by atoms with Crippen LogP contribution in [0.3, 0.4) is 0 Å². The van der Waals surface area contributed by atoms with Crippen LogP contribution in [0.25, 0.3) is 0 Å². The monoisotopic (exact) mass is 311 g/mol. The van der Waals surface area contributed by atoms with Crippen molar-refractivity contribution in [2.75, 3.05) is 5.73 Å². The van der Waals surface area contributed by atoms with E-state index in [-0.39, 0.29) is 5.41 Å². The Bertz CT molecular complexity index is 639. The first-order valence-electron chi connectivity index (χ1n) is 6.03. The molecule has 2 N–H and O–H groups in total. The minimum Gasteiger partial charge on any atom is -0.439 e. The van der Waals surface area contributed by atoms with Crippen molar-refractivity contribution in [1.82, 2.24) is 9.97 Å². The van der Waals surface area contributed by atoms with Gasteiger partial charge >= 0.3 is 0 Å². The number of aromatic nitrogens is 2. The van der Waals surface area contributed by atoms with Gasteiger partial charge in [-0.05, 0) is 12.1 Å². The van der Waals surface area contributed by atoms with Crippen LogP contribution < -0.4 is 10.5 Å². The lowest BCUT2D eigenvalue weighted by Gasteiger charge is -2.17. The van der Waals surface area contributed by atoms with E-state index in [1.807, 2.05) is 20.8 Å². The minimum atomic E-state index is -0.217. The highest BCUT2D eigenvalue weighted by Crippen LogP contribution is 2.30. The Kier molecular flexibility index (Phi) is 4.06. The Balaban J connectivity index is 2.33. The molecule has 0 aliphatic heterocycles. The van der Waals surface area contributed by atoms with Gasteiger partial charge in [0.1, 0.15) is 17.4 Å². The molecule has 0 saturated heterocycles. The highest BCUT2D eigenvalue weighted by Gasteiger charge is 2.19. The van der Waals surface area contributed by atoms with Crippen LogP contribution in [0.1, 0.15) is 26.6 Å². The van der Waals surface area contributed by atoms with E-state index in [9.17, 15) is 0 Å². The molecule has 0 aliphatic carbocycles. The van der Waals surface area contributed by atoms with Crippen molar-refractivity contribution in [3.05, 3.63) is 40.1 Å². The van der Waals surface area contributed by atoms with Crippen molar-refractivity contribution in [2.45, 2.75) is 26.2 Å². The zero-order valence-electron chi connectivity index (χ0n) is 11.4. The quantitative estimate of drug-likeness (QED) is 0.889. The molecule has 1 aromatic heterocycles. The second-order valence-corrected chi connectivity index (χ2v) is 6.20. The smallest absolute Gasteiger partial charge is 0.224 e. The maximum absolute atomic E-state index is 5.95. The van der Waals surface area contributed by atoms with Gasteiger partial charge in [0.25, 0.3) is 0 Å². The zero-order chi connectivity index (χ0) is 14.9. The van der Waals surface area contributed by atoms with Gasteiger partial charge in [-0.15, -0.1) is 0 Å². The highest BCUT2D eigenvalue weighted by atomic mass is 35.5. The summed E-state index contributed by atoms with van der Waals surface area (Å²) in [4.78, 5) is 8.58. The molecule has 0 amide bonds. The lowest BCUT2D eigenvalue weighted by atomic mass is 9.96. The van der Waals surface area contributed by atoms with Gasteiger partial charge in [-0.1, -0.05) is 44.0 Å². The van der Waals surface area contributed by atoms with E-state index in [1.165, 1.54) is 0 Å². The van der Waals surface area contributed by atoms with Crippen LogP contribution in [0, 0.1) is 0 Å². The van der Waals surface area contributed by atoms with Crippen molar-refractivity contribution in [2.24, 2.45) is 0 Å². The number of nitrogens with zero attached hydrogens (tertiary/aromatic N) is 2. The number of hydrogen-bond acceptors (Lipinski definition) is 4. The number of benzene rings is 1. The molecule has 0 saturated carbocycles. The molecule has 0 fully saturated rings. The molecule has 1 heterocycles. The zero-order valence-corrected chi connectivity index (χ0v) is 13.0. The Hall–Kier alpha value is -1.52. The molecular formula is C14H15Cl2N3O. The molecule has 6 heteroatoms. The van der Waals surface area contributed by atoms with Gasteiger partial charge < -0.3 is 10.5 Å². The minimum absolute atomic E-state index is 0.217. The normalized spacial score (nSPS) is 11.4. The average Bonchev–Trinajstić information content (AvgIpc) is 2.32. The van der Waals surface area contributed by atoms with E-state index < -0.39 is 0 Å². The number of anilines is 1.